The molecule has 0 bridgehead atoms. The van der Waals surface area contributed by atoms with Crippen molar-refractivity contribution in [3.05, 3.63) is 35.6 Å². The van der Waals surface area contributed by atoms with E-state index in [4.69, 9.17) is 5.26 Å². The minimum absolute atomic E-state index is 0.162. The Bertz CT molecular complexity index is 344. The Morgan fingerprint density at radius 1 is 1.40 bits per heavy atom. The summed E-state index contributed by atoms with van der Waals surface area (Å²) in [6.07, 6.45) is 1.39. The van der Waals surface area contributed by atoms with Gasteiger partial charge in [0, 0.05) is 18.5 Å². The first-order chi connectivity index (χ1) is 7.24. The molecule has 0 amide bonds. The molecular formula is C12H15FN2. The van der Waals surface area contributed by atoms with E-state index in [0.717, 1.165) is 13.0 Å². The van der Waals surface area contributed by atoms with Crippen LogP contribution in [0.15, 0.2) is 24.3 Å². The molecule has 0 radical (unpaired) electrons. The molecule has 0 spiro atoms. The van der Waals surface area contributed by atoms with Crippen LogP contribution >= 0.6 is 0 Å². The summed E-state index contributed by atoms with van der Waals surface area (Å²) in [5.74, 6) is -0.162. The highest BCUT2D eigenvalue weighted by Crippen LogP contribution is 2.09. The first-order valence-corrected chi connectivity index (χ1v) is 5.03. The van der Waals surface area contributed by atoms with Crippen molar-refractivity contribution in [1.82, 2.24) is 4.90 Å². The second-order valence-electron chi connectivity index (χ2n) is 3.59. The van der Waals surface area contributed by atoms with Gasteiger partial charge in [-0.1, -0.05) is 18.2 Å². The third-order valence-electron chi connectivity index (χ3n) is 2.23. The third kappa shape index (κ3) is 4.09. The van der Waals surface area contributed by atoms with Gasteiger partial charge in [0.2, 0.25) is 0 Å². The minimum atomic E-state index is -0.162. The number of benzene rings is 1. The minimum Gasteiger partial charge on any atom is -0.302 e. The molecule has 2 nitrogen and oxygen atoms in total. The number of hydrogen-bond donors (Lipinski definition) is 0. The highest BCUT2D eigenvalue weighted by Gasteiger charge is 2.04. The molecule has 80 valence electrons. The molecule has 0 saturated heterocycles. The monoisotopic (exact) mass is 206 g/mol. The molecule has 15 heavy (non-hydrogen) atoms. The summed E-state index contributed by atoms with van der Waals surface area (Å²) in [5.41, 5.74) is 0.706. The quantitative estimate of drug-likeness (QED) is 0.692. The highest BCUT2D eigenvalue weighted by molar-refractivity contribution is 5.16. The molecule has 0 heterocycles. The predicted octanol–water partition coefficient (Wildman–Crippen LogP) is 2.56. The number of hydrogen-bond acceptors (Lipinski definition) is 2. The lowest BCUT2D eigenvalue weighted by Gasteiger charge is -2.15. The Balaban J connectivity index is 2.41. The Labute approximate surface area is 89.9 Å². The molecule has 0 aliphatic carbocycles. The fourth-order valence-corrected chi connectivity index (χ4v) is 1.42. The van der Waals surface area contributed by atoms with Crippen LogP contribution in [0.1, 0.15) is 18.4 Å². The van der Waals surface area contributed by atoms with Crippen molar-refractivity contribution in [3.63, 3.8) is 0 Å². The molecule has 3 heteroatoms. The van der Waals surface area contributed by atoms with E-state index in [1.165, 1.54) is 6.07 Å². The Kier molecular flexibility index (Phi) is 4.79. The second kappa shape index (κ2) is 6.15. The van der Waals surface area contributed by atoms with Crippen LogP contribution in [-0.2, 0) is 6.54 Å². The molecular weight excluding hydrogens is 191 g/mol. The van der Waals surface area contributed by atoms with Gasteiger partial charge in [0.05, 0.1) is 6.07 Å². The van der Waals surface area contributed by atoms with Gasteiger partial charge in [-0.2, -0.15) is 5.26 Å². The van der Waals surface area contributed by atoms with Crippen molar-refractivity contribution in [3.8, 4) is 6.07 Å². The normalized spacial score (nSPS) is 10.3. The van der Waals surface area contributed by atoms with Crippen LogP contribution in [0, 0.1) is 17.1 Å². The van der Waals surface area contributed by atoms with Crippen molar-refractivity contribution in [2.75, 3.05) is 13.6 Å². The van der Waals surface area contributed by atoms with Crippen LogP contribution in [0.2, 0.25) is 0 Å². The van der Waals surface area contributed by atoms with Crippen LogP contribution in [0.25, 0.3) is 0 Å². The molecule has 1 aromatic rings. The lowest BCUT2D eigenvalue weighted by atomic mass is 10.2. The molecule has 1 aromatic carbocycles. The number of halogens is 1. The molecule has 0 N–H and O–H groups in total. The summed E-state index contributed by atoms with van der Waals surface area (Å²) in [7, 11) is 1.93. The van der Waals surface area contributed by atoms with Crippen molar-refractivity contribution >= 4 is 0 Å². The van der Waals surface area contributed by atoms with E-state index in [9.17, 15) is 4.39 Å². The SMILES string of the molecule is CN(CCCC#N)Cc1ccccc1F. The van der Waals surface area contributed by atoms with Crippen molar-refractivity contribution in [1.29, 1.82) is 5.26 Å². The van der Waals surface area contributed by atoms with Crippen molar-refractivity contribution in [2.24, 2.45) is 0 Å². The van der Waals surface area contributed by atoms with Crippen molar-refractivity contribution < 1.29 is 4.39 Å². The standard InChI is InChI=1S/C12H15FN2/c1-15(9-5-4-8-14)10-11-6-2-3-7-12(11)13/h2-3,6-7H,4-5,9-10H2,1H3. The molecule has 1 rings (SSSR count). The van der Waals surface area contributed by atoms with E-state index in [1.807, 2.05) is 18.0 Å². The maximum atomic E-state index is 13.3. The second-order valence-corrected chi connectivity index (χ2v) is 3.59. The van der Waals surface area contributed by atoms with E-state index in [-0.39, 0.29) is 5.82 Å². The average Bonchev–Trinajstić information content (AvgIpc) is 2.22. The first-order valence-electron chi connectivity index (χ1n) is 5.03. The van der Waals surface area contributed by atoms with E-state index < -0.39 is 0 Å². The van der Waals surface area contributed by atoms with E-state index in [2.05, 4.69) is 6.07 Å². The summed E-state index contributed by atoms with van der Waals surface area (Å²) in [6, 6.07) is 8.88. The summed E-state index contributed by atoms with van der Waals surface area (Å²) in [6.45, 7) is 1.42. The number of rotatable bonds is 5. The van der Waals surface area contributed by atoms with Gasteiger partial charge in [0.1, 0.15) is 5.82 Å². The molecule has 0 aliphatic rings. The summed E-state index contributed by atoms with van der Waals surface area (Å²) in [5, 5.41) is 8.38. The topological polar surface area (TPSA) is 27.0 Å². The lowest BCUT2D eigenvalue weighted by molar-refractivity contribution is 0.318. The van der Waals surface area contributed by atoms with Gasteiger partial charge in [0.15, 0.2) is 0 Å². The number of unbranched alkanes of at least 4 members (excludes halogenated alkanes) is 1. The molecule has 0 atom stereocenters. The van der Waals surface area contributed by atoms with Gasteiger partial charge in [0.25, 0.3) is 0 Å². The molecule has 0 aromatic heterocycles. The first kappa shape index (κ1) is 11.7. The fraction of sp³-hybridized carbons (Fsp3) is 0.417. The van der Waals surface area contributed by atoms with E-state index in [0.29, 0.717) is 18.5 Å². The molecule has 0 fully saturated rings. The smallest absolute Gasteiger partial charge is 0.127 e. The van der Waals surface area contributed by atoms with Gasteiger partial charge in [-0.15, -0.1) is 0 Å². The van der Waals surface area contributed by atoms with E-state index >= 15 is 0 Å². The van der Waals surface area contributed by atoms with Crippen LogP contribution in [-0.4, -0.2) is 18.5 Å². The Morgan fingerprint density at radius 2 is 2.13 bits per heavy atom. The van der Waals surface area contributed by atoms with Crippen LogP contribution in [0.5, 0.6) is 0 Å². The lowest BCUT2D eigenvalue weighted by Crippen LogP contribution is -2.19. The van der Waals surface area contributed by atoms with Crippen LogP contribution in [0.3, 0.4) is 0 Å². The largest absolute Gasteiger partial charge is 0.302 e. The van der Waals surface area contributed by atoms with Crippen LogP contribution < -0.4 is 0 Å². The zero-order valence-corrected chi connectivity index (χ0v) is 8.91. The summed E-state index contributed by atoms with van der Waals surface area (Å²) in [4.78, 5) is 2.02. The predicted molar refractivity (Wildman–Crippen MR) is 57.6 cm³/mol. The zero-order chi connectivity index (χ0) is 11.1. The van der Waals surface area contributed by atoms with Gasteiger partial charge in [-0.05, 0) is 26.1 Å². The number of nitriles is 1. The summed E-state index contributed by atoms with van der Waals surface area (Å²) >= 11 is 0. The number of nitrogens with zero attached hydrogens (tertiary/aromatic N) is 2. The maximum absolute atomic E-state index is 13.3. The van der Waals surface area contributed by atoms with Gasteiger partial charge in [-0.25, -0.2) is 4.39 Å². The zero-order valence-electron chi connectivity index (χ0n) is 8.91. The molecule has 0 unspecified atom stereocenters. The van der Waals surface area contributed by atoms with Gasteiger partial charge in [-0.3, -0.25) is 0 Å². The van der Waals surface area contributed by atoms with Crippen LogP contribution in [0.4, 0.5) is 4.39 Å². The Morgan fingerprint density at radius 3 is 2.80 bits per heavy atom. The van der Waals surface area contributed by atoms with E-state index in [1.54, 1.807) is 12.1 Å². The average molecular weight is 206 g/mol. The summed E-state index contributed by atoms with van der Waals surface area (Å²) < 4.78 is 13.3. The maximum Gasteiger partial charge on any atom is 0.127 e. The highest BCUT2D eigenvalue weighted by atomic mass is 19.1. The fourth-order valence-electron chi connectivity index (χ4n) is 1.42. The molecule has 0 saturated carbocycles. The third-order valence-corrected chi connectivity index (χ3v) is 2.23. The molecule has 0 aliphatic heterocycles. The van der Waals surface area contributed by atoms with Crippen molar-refractivity contribution in [2.45, 2.75) is 19.4 Å². The Hall–Kier alpha value is -1.40. The van der Waals surface area contributed by atoms with Gasteiger partial charge < -0.3 is 4.90 Å². The van der Waals surface area contributed by atoms with Gasteiger partial charge >= 0.3 is 0 Å².